The van der Waals surface area contributed by atoms with Gasteiger partial charge in [0, 0.05) is 18.7 Å². The summed E-state index contributed by atoms with van der Waals surface area (Å²) in [5.74, 6) is 0.307. The van der Waals surface area contributed by atoms with Crippen molar-refractivity contribution in [3.63, 3.8) is 0 Å². The third-order valence-electron chi connectivity index (χ3n) is 2.79. The zero-order chi connectivity index (χ0) is 12.3. The lowest BCUT2D eigenvalue weighted by Crippen LogP contribution is -2.33. The Balaban J connectivity index is 2.39. The molecule has 1 aromatic carbocycles. The molecule has 0 saturated carbocycles. The van der Waals surface area contributed by atoms with Crippen molar-refractivity contribution < 1.29 is 19.4 Å². The van der Waals surface area contributed by atoms with Gasteiger partial charge in [0.2, 0.25) is 0 Å². The van der Waals surface area contributed by atoms with E-state index in [-0.39, 0.29) is 11.9 Å². The number of morpholine rings is 1. The Morgan fingerprint density at radius 2 is 2.41 bits per heavy atom. The topological polar surface area (TPSA) is 67.8 Å². The van der Waals surface area contributed by atoms with Gasteiger partial charge in [0.05, 0.1) is 19.8 Å². The van der Waals surface area contributed by atoms with Gasteiger partial charge in [-0.3, -0.25) is 4.79 Å². The smallest absolute Gasteiger partial charge is 0.160 e. The maximum Gasteiger partial charge on any atom is 0.160 e. The first-order valence-electron chi connectivity index (χ1n) is 5.44. The highest BCUT2D eigenvalue weighted by atomic mass is 16.5. The number of hydrogen-bond donors (Lipinski definition) is 2. The van der Waals surface area contributed by atoms with Gasteiger partial charge < -0.3 is 19.9 Å². The fourth-order valence-corrected chi connectivity index (χ4v) is 1.91. The molecular weight excluding hydrogens is 222 g/mol. The van der Waals surface area contributed by atoms with Crippen molar-refractivity contribution >= 4 is 6.29 Å². The number of benzene rings is 1. The number of aromatic hydroxyl groups is 1. The first-order chi connectivity index (χ1) is 8.26. The van der Waals surface area contributed by atoms with Gasteiger partial charge in [-0.2, -0.15) is 0 Å². The van der Waals surface area contributed by atoms with E-state index < -0.39 is 0 Å². The van der Waals surface area contributed by atoms with Crippen molar-refractivity contribution in [2.75, 3.05) is 26.8 Å². The van der Waals surface area contributed by atoms with Crippen LogP contribution in [0.4, 0.5) is 0 Å². The van der Waals surface area contributed by atoms with Crippen LogP contribution in [0.5, 0.6) is 11.5 Å². The maximum absolute atomic E-state index is 11.0. The molecule has 1 atom stereocenters. The summed E-state index contributed by atoms with van der Waals surface area (Å²) in [4.78, 5) is 11.0. The van der Waals surface area contributed by atoms with Crippen LogP contribution in [0.2, 0.25) is 0 Å². The van der Waals surface area contributed by atoms with E-state index >= 15 is 0 Å². The Kier molecular flexibility index (Phi) is 3.61. The summed E-state index contributed by atoms with van der Waals surface area (Å²) < 4.78 is 10.6. The Morgan fingerprint density at radius 3 is 3.00 bits per heavy atom. The summed E-state index contributed by atoms with van der Waals surface area (Å²) in [7, 11) is 1.47. The van der Waals surface area contributed by atoms with Crippen molar-refractivity contribution in [2.24, 2.45) is 0 Å². The number of carbonyl (C=O) groups excluding carboxylic acids is 1. The molecule has 1 fully saturated rings. The number of rotatable bonds is 3. The van der Waals surface area contributed by atoms with E-state index in [0.717, 1.165) is 12.1 Å². The first kappa shape index (κ1) is 11.9. The molecule has 0 bridgehead atoms. The molecule has 92 valence electrons. The van der Waals surface area contributed by atoms with Crippen LogP contribution in [0.25, 0.3) is 0 Å². The maximum atomic E-state index is 11.0. The molecule has 1 aromatic rings. The molecule has 17 heavy (non-hydrogen) atoms. The molecule has 1 saturated heterocycles. The van der Waals surface area contributed by atoms with E-state index in [1.54, 1.807) is 6.07 Å². The largest absolute Gasteiger partial charge is 0.504 e. The minimum atomic E-state index is -0.182. The third-order valence-corrected chi connectivity index (χ3v) is 2.79. The molecule has 1 aliphatic heterocycles. The standard InChI is InChI=1S/C12H15NO4/c1-16-11-5-9(8(7-14)4-10(11)15)12-6-13-2-3-17-12/h4-5,7,12-13,15H,2-3,6H2,1H3. The molecule has 1 aliphatic rings. The minimum Gasteiger partial charge on any atom is -0.504 e. The fraction of sp³-hybridized carbons (Fsp3) is 0.417. The molecule has 0 aliphatic carbocycles. The third kappa shape index (κ3) is 2.40. The summed E-state index contributed by atoms with van der Waals surface area (Å²) in [5.41, 5.74) is 1.17. The number of phenolic OH excluding ortho intramolecular Hbond substituents is 1. The van der Waals surface area contributed by atoms with E-state index in [9.17, 15) is 9.90 Å². The molecule has 2 rings (SSSR count). The number of phenols is 1. The molecule has 5 nitrogen and oxygen atoms in total. The highest BCUT2D eigenvalue weighted by molar-refractivity contribution is 5.79. The molecule has 0 radical (unpaired) electrons. The van der Waals surface area contributed by atoms with Crippen molar-refractivity contribution in [3.05, 3.63) is 23.3 Å². The monoisotopic (exact) mass is 237 g/mol. The van der Waals surface area contributed by atoms with Gasteiger partial charge >= 0.3 is 0 Å². The second kappa shape index (κ2) is 5.16. The lowest BCUT2D eigenvalue weighted by Gasteiger charge is -2.25. The highest BCUT2D eigenvalue weighted by Gasteiger charge is 2.21. The molecule has 2 N–H and O–H groups in total. The van der Waals surface area contributed by atoms with Gasteiger partial charge in [-0.15, -0.1) is 0 Å². The van der Waals surface area contributed by atoms with Crippen LogP contribution in [0, 0.1) is 0 Å². The van der Waals surface area contributed by atoms with E-state index in [1.165, 1.54) is 13.2 Å². The second-order valence-corrected chi connectivity index (χ2v) is 3.83. The molecule has 0 amide bonds. The number of hydrogen-bond acceptors (Lipinski definition) is 5. The molecule has 5 heteroatoms. The van der Waals surface area contributed by atoms with Crippen LogP contribution >= 0.6 is 0 Å². The number of nitrogens with one attached hydrogen (secondary N) is 1. The average molecular weight is 237 g/mol. The van der Waals surface area contributed by atoms with E-state index in [2.05, 4.69) is 5.32 Å². The number of carbonyl (C=O) groups is 1. The summed E-state index contributed by atoms with van der Waals surface area (Å²) in [6, 6.07) is 3.05. The summed E-state index contributed by atoms with van der Waals surface area (Å²) in [6.07, 6.45) is 0.533. The lowest BCUT2D eigenvalue weighted by atomic mass is 10.0. The molecule has 1 unspecified atom stereocenters. The second-order valence-electron chi connectivity index (χ2n) is 3.83. The number of methoxy groups -OCH3 is 1. The molecule has 1 heterocycles. The molecule has 0 aromatic heterocycles. The Labute approximate surface area is 99.3 Å². The fourth-order valence-electron chi connectivity index (χ4n) is 1.91. The Hall–Kier alpha value is -1.59. The Bertz CT molecular complexity index is 413. The number of ether oxygens (including phenoxy) is 2. The molecular formula is C12H15NO4. The number of aldehydes is 1. The SMILES string of the molecule is COc1cc(C2CNCCO2)c(C=O)cc1O. The van der Waals surface area contributed by atoms with Gasteiger partial charge in [0.25, 0.3) is 0 Å². The van der Waals surface area contributed by atoms with Crippen LogP contribution < -0.4 is 10.1 Å². The van der Waals surface area contributed by atoms with Crippen LogP contribution in [0.1, 0.15) is 22.0 Å². The highest BCUT2D eigenvalue weighted by Crippen LogP contribution is 2.33. The van der Waals surface area contributed by atoms with Crippen molar-refractivity contribution in [2.45, 2.75) is 6.10 Å². The zero-order valence-corrected chi connectivity index (χ0v) is 9.60. The predicted octanol–water partition coefficient (Wildman–Crippen LogP) is 0.874. The van der Waals surface area contributed by atoms with Gasteiger partial charge in [-0.25, -0.2) is 0 Å². The van der Waals surface area contributed by atoms with Crippen LogP contribution in [-0.4, -0.2) is 38.2 Å². The lowest BCUT2D eigenvalue weighted by molar-refractivity contribution is 0.0271. The van der Waals surface area contributed by atoms with Crippen LogP contribution in [0.3, 0.4) is 0 Å². The van der Waals surface area contributed by atoms with E-state index in [0.29, 0.717) is 30.8 Å². The summed E-state index contributed by atoms with van der Waals surface area (Å²) in [5, 5.41) is 12.8. The van der Waals surface area contributed by atoms with Gasteiger partial charge in [-0.1, -0.05) is 0 Å². The van der Waals surface area contributed by atoms with Crippen molar-refractivity contribution in [1.29, 1.82) is 0 Å². The summed E-state index contributed by atoms with van der Waals surface area (Å²) >= 11 is 0. The first-order valence-corrected chi connectivity index (χ1v) is 5.44. The minimum absolute atomic E-state index is 0.0397. The quantitative estimate of drug-likeness (QED) is 0.764. The molecule has 0 spiro atoms. The van der Waals surface area contributed by atoms with Gasteiger partial charge in [0.15, 0.2) is 17.8 Å². The van der Waals surface area contributed by atoms with Crippen LogP contribution in [0.15, 0.2) is 12.1 Å². The van der Waals surface area contributed by atoms with Crippen molar-refractivity contribution in [1.82, 2.24) is 5.32 Å². The van der Waals surface area contributed by atoms with Crippen molar-refractivity contribution in [3.8, 4) is 11.5 Å². The van der Waals surface area contributed by atoms with Gasteiger partial charge in [-0.05, 0) is 17.7 Å². The normalized spacial score (nSPS) is 19.9. The van der Waals surface area contributed by atoms with Gasteiger partial charge in [0.1, 0.15) is 0 Å². The predicted molar refractivity (Wildman–Crippen MR) is 61.6 cm³/mol. The zero-order valence-electron chi connectivity index (χ0n) is 9.60. The summed E-state index contributed by atoms with van der Waals surface area (Å²) in [6.45, 7) is 2.06. The average Bonchev–Trinajstić information content (AvgIpc) is 2.39. The Morgan fingerprint density at radius 1 is 1.59 bits per heavy atom. The van der Waals surface area contributed by atoms with Crippen LogP contribution in [-0.2, 0) is 4.74 Å². The van der Waals surface area contributed by atoms with E-state index in [4.69, 9.17) is 9.47 Å². The van der Waals surface area contributed by atoms with E-state index in [1.807, 2.05) is 0 Å².